The second kappa shape index (κ2) is 23.6. The summed E-state index contributed by atoms with van der Waals surface area (Å²) in [5.41, 5.74) is 4.28. The summed E-state index contributed by atoms with van der Waals surface area (Å²) in [5.74, 6) is 3.27. The van der Waals surface area contributed by atoms with Crippen LogP contribution in [0.15, 0.2) is 84.1 Å². The molecule has 3 aromatic carbocycles. The molecule has 3 N–H and O–H groups in total. The lowest BCUT2D eigenvalue weighted by atomic mass is 9.86. The Morgan fingerprint density at radius 2 is 1.63 bits per heavy atom. The maximum absolute atomic E-state index is 13.9. The van der Waals surface area contributed by atoms with Crippen LogP contribution in [0, 0.1) is 12.7 Å². The van der Waals surface area contributed by atoms with Crippen LogP contribution >= 0.6 is 11.6 Å². The number of anilines is 7. The second-order valence-electron chi connectivity index (χ2n) is 19.6. The molecule has 15 nitrogen and oxygen atoms in total. The molecule has 0 radical (unpaired) electrons. The molecular weight excluding hydrogens is 941 g/mol. The van der Waals surface area contributed by atoms with Crippen LogP contribution in [0.5, 0.6) is 5.75 Å². The highest BCUT2D eigenvalue weighted by Gasteiger charge is 2.28. The highest BCUT2D eigenvalue weighted by atomic mass is 35.5. The van der Waals surface area contributed by atoms with Crippen LogP contribution in [0.3, 0.4) is 0 Å². The smallest absolute Gasteiger partial charge is 0.229 e. The van der Waals surface area contributed by atoms with Gasteiger partial charge in [0.15, 0.2) is 15.7 Å². The van der Waals surface area contributed by atoms with Crippen LogP contribution in [0.2, 0.25) is 5.02 Å². The van der Waals surface area contributed by atoms with Gasteiger partial charge >= 0.3 is 0 Å². The molecule has 8 rings (SSSR count). The lowest BCUT2D eigenvalue weighted by Gasteiger charge is -2.36. The zero-order valence-corrected chi connectivity index (χ0v) is 43.3. The number of likely N-dealkylation sites (tertiary alicyclic amines) is 1. The Morgan fingerprint density at radius 1 is 0.845 bits per heavy atom. The van der Waals surface area contributed by atoms with Gasteiger partial charge < -0.3 is 35.4 Å². The van der Waals surface area contributed by atoms with Gasteiger partial charge in [-0.2, -0.15) is 4.98 Å². The van der Waals surface area contributed by atoms with Crippen LogP contribution < -0.4 is 30.5 Å². The van der Waals surface area contributed by atoms with Crippen molar-refractivity contribution in [2.45, 2.75) is 114 Å². The predicted molar refractivity (Wildman–Crippen MR) is 282 cm³/mol. The molecule has 1 atom stereocenters. The Kier molecular flexibility index (Phi) is 17.2. The molecule has 380 valence electrons. The molecule has 0 saturated carbocycles. The van der Waals surface area contributed by atoms with E-state index in [1.165, 1.54) is 17.8 Å². The number of nitrogens with one attached hydrogen (secondary N) is 3. The molecule has 2 aromatic heterocycles. The van der Waals surface area contributed by atoms with E-state index in [9.17, 15) is 17.6 Å². The summed E-state index contributed by atoms with van der Waals surface area (Å²) in [6.07, 6.45) is 10.4. The first-order valence-corrected chi connectivity index (χ1v) is 27.2. The summed E-state index contributed by atoms with van der Waals surface area (Å²) in [4.78, 5) is 40.9. The van der Waals surface area contributed by atoms with Gasteiger partial charge in [0, 0.05) is 76.6 Å². The number of unbranched alkanes of at least 4 members (excludes halogenated alkanes) is 2. The highest BCUT2D eigenvalue weighted by molar-refractivity contribution is 7.92. The third-order valence-corrected chi connectivity index (χ3v) is 16.2. The number of carbonyl (C=O) groups is 1. The van der Waals surface area contributed by atoms with Gasteiger partial charge in [-0.25, -0.2) is 27.8 Å². The third-order valence-electron chi connectivity index (χ3n) is 13.7. The summed E-state index contributed by atoms with van der Waals surface area (Å²) < 4.78 is 46.5. The number of para-hydroxylation sites is 1. The van der Waals surface area contributed by atoms with E-state index >= 15 is 0 Å². The standard InChI is InChI=1S/C53H69ClFN11O4S/c1-36(2)70-47-31-43(38(5)29-46(47)61-53-56-33-44(54)52(62-53)60-45-16-8-9-17-48(45)71(68,69)37(3)4)39-19-23-65(24-20-39)51(67)18-7-6-10-21-63-25-27-64(28-26-63)50-32-49(57-35-58-50)59-41-14-12-22-66(34-41)42-15-11-13-40(55)30-42/h8-9,11,13,15-17,29-33,35-37,39,41H,6-7,10,12,14,18-28,34H2,1-5H3,(H,57,58,59)(H2,56,60,61,62)/t41-/m1/s1. The number of benzene rings is 3. The summed E-state index contributed by atoms with van der Waals surface area (Å²) in [7, 11) is -3.58. The van der Waals surface area contributed by atoms with Gasteiger partial charge in [-0.1, -0.05) is 36.2 Å². The third kappa shape index (κ3) is 13.4. The Balaban J connectivity index is 0.767. The number of hydrogen-bond acceptors (Lipinski definition) is 14. The van der Waals surface area contributed by atoms with E-state index in [4.69, 9.17) is 16.3 Å². The van der Waals surface area contributed by atoms with Crippen LogP contribution in [0.4, 0.5) is 44.9 Å². The number of halogens is 2. The molecule has 5 aromatic rings. The minimum Gasteiger partial charge on any atom is -0.489 e. The van der Waals surface area contributed by atoms with Crippen molar-refractivity contribution in [1.82, 2.24) is 29.7 Å². The monoisotopic (exact) mass is 1010 g/mol. The van der Waals surface area contributed by atoms with Gasteiger partial charge in [0.05, 0.1) is 33.8 Å². The largest absolute Gasteiger partial charge is 0.489 e. The van der Waals surface area contributed by atoms with E-state index < -0.39 is 15.1 Å². The van der Waals surface area contributed by atoms with E-state index in [1.807, 2.05) is 24.8 Å². The number of sulfone groups is 1. The number of piperazine rings is 1. The highest BCUT2D eigenvalue weighted by Crippen LogP contribution is 2.39. The predicted octanol–water partition coefficient (Wildman–Crippen LogP) is 9.99. The fraction of sp³-hybridized carbons (Fsp3) is 0.491. The molecule has 5 heterocycles. The summed E-state index contributed by atoms with van der Waals surface area (Å²) in [6.45, 7) is 17.3. The molecule has 3 aliphatic rings. The number of nitrogens with zero attached hydrogens (tertiary/aromatic N) is 8. The number of piperidine rings is 2. The maximum atomic E-state index is 13.9. The Morgan fingerprint density at radius 3 is 2.39 bits per heavy atom. The van der Waals surface area contributed by atoms with Crippen LogP contribution in [-0.2, 0) is 14.6 Å². The van der Waals surface area contributed by atoms with Crippen molar-refractivity contribution in [1.29, 1.82) is 0 Å². The fourth-order valence-electron chi connectivity index (χ4n) is 9.83. The number of aromatic nitrogens is 4. The number of hydrogen-bond donors (Lipinski definition) is 3. The Hall–Kier alpha value is -5.78. The zero-order chi connectivity index (χ0) is 50.1. The van der Waals surface area contributed by atoms with E-state index in [2.05, 4.69) is 75.7 Å². The summed E-state index contributed by atoms with van der Waals surface area (Å²) in [5, 5.41) is 9.69. The molecule has 1 amide bonds. The molecule has 0 spiro atoms. The summed E-state index contributed by atoms with van der Waals surface area (Å²) >= 11 is 6.53. The van der Waals surface area contributed by atoms with Crippen molar-refractivity contribution in [3.05, 3.63) is 101 Å². The molecule has 71 heavy (non-hydrogen) atoms. The second-order valence-corrected chi connectivity index (χ2v) is 22.4. The number of carbonyl (C=O) groups excluding carboxylic acids is 1. The average Bonchev–Trinajstić information content (AvgIpc) is 3.36. The van der Waals surface area contributed by atoms with Crippen molar-refractivity contribution in [2.24, 2.45) is 0 Å². The van der Waals surface area contributed by atoms with E-state index in [-0.39, 0.29) is 51.5 Å². The minimum absolute atomic E-state index is 0.0949. The van der Waals surface area contributed by atoms with Crippen molar-refractivity contribution >= 4 is 67.8 Å². The van der Waals surface area contributed by atoms with Crippen LogP contribution in [0.25, 0.3) is 0 Å². The van der Waals surface area contributed by atoms with Gasteiger partial charge in [-0.3, -0.25) is 9.69 Å². The van der Waals surface area contributed by atoms with Crippen molar-refractivity contribution in [3.8, 4) is 5.75 Å². The van der Waals surface area contributed by atoms with Crippen molar-refractivity contribution < 1.29 is 22.3 Å². The fourth-order valence-corrected chi connectivity index (χ4v) is 11.2. The molecular formula is C53H69ClFN11O4S. The van der Waals surface area contributed by atoms with Gasteiger partial charge in [-0.15, -0.1) is 0 Å². The lowest BCUT2D eigenvalue weighted by molar-refractivity contribution is -0.132. The quantitative estimate of drug-likeness (QED) is 0.0671. The van der Waals surface area contributed by atoms with Gasteiger partial charge in [0.2, 0.25) is 11.9 Å². The molecule has 3 fully saturated rings. The molecule has 3 saturated heterocycles. The summed E-state index contributed by atoms with van der Waals surface area (Å²) in [6, 6.07) is 20.0. The van der Waals surface area contributed by atoms with E-state index in [1.54, 1.807) is 56.6 Å². The molecule has 0 bridgehead atoms. The molecule has 0 unspecified atom stereocenters. The Bertz CT molecular complexity index is 2720. The first-order chi connectivity index (χ1) is 34.2. The molecule has 0 aliphatic carbocycles. The number of ether oxygens (including phenoxy) is 1. The van der Waals surface area contributed by atoms with Crippen LogP contribution in [0.1, 0.15) is 96.1 Å². The van der Waals surface area contributed by atoms with E-state index in [0.717, 1.165) is 127 Å². The van der Waals surface area contributed by atoms with Crippen molar-refractivity contribution in [3.63, 3.8) is 0 Å². The minimum atomic E-state index is -3.58. The first kappa shape index (κ1) is 51.6. The topological polar surface area (TPSA) is 161 Å². The Labute approximate surface area is 423 Å². The maximum Gasteiger partial charge on any atom is 0.229 e. The van der Waals surface area contributed by atoms with E-state index in [0.29, 0.717) is 23.5 Å². The van der Waals surface area contributed by atoms with Gasteiger partial charge in [0.1, 0.15) is 34.6 Å². The lowest BCUT2D eigenvalue weighted by Crippen LogP contribution is -2.47. The normalized spacial score (nSPS) is 17.2. The zero-order valence-electron chi connectivity index (χ0n) is 41.7. The first-order valence-electron chi connectivity index (χ1n) is 25.2. The van der Waals surface area contributed by atoms with Crippen molar-refractivity contribution in [2.75, 3.05) is 84.7 Å². The van der Waals surface area contributed by atoms with Gasteiger partial charge in [0.25, 0.3) is 0 Å². The van der Waals surface area contributed by atoms with Gasteiger partial charge in [-0.05, 0) is 139 Å². The SMILES string of the molecule is Cc1cc(Nc2ncc(Cl)c(Nc3ccccc3S(=O)(=O)C(C)C)n2)c(OC(C)C)cc1C1CCN(C(=O)CCCCCN2CCN(c3cc(N[C@@H]4CCCN(c5cccc(F)c5)C4)ncn3)CC2)CC1. The number of rotatable bonds is 19. The molecule has 18 heteroatoms. The number of aryl methyl sites for hydroxylation is 1. The number of amides is 1. The average molecular weight is 1010 g/mol. The van der Waals surface area contributed by atoms with Crippen LogP contribution in [-0.4, -0.2) is 120 Å². The molecule has 3 aliphatic heterocycles.